The molecule has 1 saturated heterocycles. The molecule has 158 valence electrons. The lowest BCUT2D eigenvalue weighted by molar-refractivity contribution is 0.0415. The number of anilines is 2. The van der Waals surface area contributed by atoms with Crippen molar-refractivity contribution in [2.24, 2.45) is 0 Å². The summed E-state index contributed by atoms with van der Waals surface area (Å²) in [6.07, 6.45) is -0.278. The van der Waals surface area contributed by atoms with Crippen LogP contribution in [0, 0.1) is 6.92 Å². The molecule has 10 heteroatoms. The number of hydrogen-bond donors (Lipinski definition) is 2. The molecule has 3 aromatic rings. The van der Waals surface area contributed by atoms with Crippen molar-refractivity contribution in [1.29, 1.82) is 0 Å². The third-order valence-electron chi connectivity index (χ3n) is 4.94. The van der Waals surface area contributed by atoms with Crippen LogP contribution in [-0.4, -0.2) is 40.4 Å². The van der Waals surface area contributed by atoms with Crippen LogP contribution >= 0.6 is 34.5 Å². The summed E-state index contributed by atoms with van der Waals surface area (Å²) in [4.78, 5) is 24.4. The summed E-state index contributed by atoms with van der Waals surface area (Å²) in [6, 6.07) is 7.61. The van der Waals surface area contributed by atoms with Crippen molar-refractivity contribution in [3.63, 3.8) is 0 Å². The largest absolute Gasteiger partial charge is 0.506 e. The van der Waals surface area contributed by atoms with Crippen molar-refractivity contribution >= 4 is 62.7 Å². The molecule has 0 bridgehead atoms. The molecule has 4 rings (SSSR count). The number of aryl methyl sites for hydroxylation is 1. The Bertz CT molecular complexity index is 1080. The van der Waals surface area contributed by atoms with Crippen LogP contribution < -0.4 is 10.2 Å². The number of fused-ring (bicyclic) bond motifs is 1. The lowest BCUT2D eigenvalue weighted by atomic mass is 10.1. The molecule has 2 aromatic heterocycles. The van der Waals surface area contributed by atoms with E-state index in [-0.39, 0.29) is 6.10 Å². The number of hydrogen-bond acceptors (Lipinski definition) is 7. The predicted octanol–water partition coefficient (Wildman–Crippen LogP) is 5.58. The van der Waals surface area contributed by atoms with Crippen LogP contribution in [0.1, 0.15) is 23.3 Å². The van der Waals surface area contributed by atoms with Crippen LogP contribution in [-0.2, 0) is 11.3 Å². The van der Waals surface area contributed by atoms with Gasteiger partial charge in [0.25, 0.3) is 0 Å². The van der Waals surface area contributed by atoms with Crippen molar-refractivity contribution in [3.05, 3.63) is 44.8 Å². The van der Waals surface area contributed by atoms with Gasteiger partial charge in [-0.1, -0.05) is 29.3 Å². The third-order valence-corrected chi connectivity index (χ3v) is 6.62. The number of benzene rings is 1. The van der Waals surface area contributed by atoms with Crippen molar-refractivity contribution in [1.82, 2.24) is 9.97 Å². The molecule has 0 amide bonds. The minimum Gasteiger partial charge on any atom is -0.450 e. The van der Waals surface area contributed by atoms with Crippen LogP contribution in [0.5, 0.6) is 0 Å². The Balaban J connectivity index is 1.55. The van der Waals surface area contributed by atoms with Gasteiger partial charge in [-0.3, -0.25) is 0 Å². The normalized spacial score (nSPS) is 14.8. The Morgan fingerprint density at radius 1 is 1.27 bits per heavy atom. The van der Waals surface area contributed by atoms with Crippen LogP contribution in [0.2, 0.25) is 10.0 Å². The minimum absolute atomic E-state index is 0.279. The molecule has 1 fully saturated rings. The molecule has 0 atom stereocenters. The topological polar surface area (TPSA) is 87.6 Å². The fraction of sp³-hybridized carbons (Fsp3) is 0.350. The second-order valence-corrected chi connectivity index (χ2v) is 9.17. The number of thiophene rings is 1. The second kappa shape index (κ2) is 8.83. The van der Waals surface area contributed by atoms with Gasteiger partial charge in [0.1, 0.15) is 16.8 Å². The molecule has 0 aliphatic carbocycles. The third kappa shape index (κ3) is 4.71. The highest BCUT2D eigenvalue weighted by Gasteiger charge is 2.24. The van der Waals surface area contributed by atoms with E-state index >= 15 is 0 Å². The summed E-state index contributed by atoms with van der Waals surface area (Å²) in [5.74, 6) is 1.39. The van der Waals surface area contributed by atoms with Gasteiger partial charge >= 0.3 is 6.16 Å². The lowest BCUT2D eigenvalue weighted by Gasteiger charge is -2.31. The highest BCUT2D eigenvalue weighted by Crippen LogP contribution is 2.32. The second-order valence-electron chi connectivity index (χ2n) is 7.12. The lowest BCUT2D eigenvalue weighted by Crippen LogP contribution is -2.38. The summed E-state index contributed by atoms with van der Waals surface area (Å²) in [7, 11) is 0. The molecule has 2 N–H and O–H groups in total. The molecule has 0 saturated carbocycles. The molecule has 7 nitrogen and oxygen atoms in total. The number of carbonyl (C=O) groups is 1. The molecule has 1 aliphatic rings. The van der Waals surface area contributed by atoms with Gasteiger partial charge in [0, 0.05) is 37.4 Å². The van der Waals surface area contributed by atoms with Gasteiger partial charge in [-0.25, -0.2) is 9.78 Å². The summed E-state index contributed by atoms with van der Waals surface area (Å²) < 4.78 is 4.90. The van der Waals surface area contributed by atoms with Gasteiger partial charge in [0.15, 0.2) is 0 Å². The average molecular weight is 467 g/mol. The average Bonchev–Trinajstić information content (AvgIpc) is 3.09. The Morgan fingerprint density at radius 3 is 2.73 bits per heavy atom. The maximum absolute atomic E-state index is 10.8. The van der Waals surface area contributed by atoms with Gasteiger partial charge in [0.2, 0.25) is 5.95 Å². The van der Waals surface area contributed by atoms with E-state index in [2.05, 4.69) is 16.3 Å². The van der Waals surface area contributed by atoms with Gasteiger partial charge in [-0.2, -0.15) is 4.98 Å². The summed E-state index contributed by atoms with van der Waals surface area (Å²) in [5.41, 5.74) is 0.997. The fourth-order valence-corrected chi connectivity index (χ4v) is 4.65. The molecular weight excluding hydrogens is 447 g/mol. The van der Waals surface area contributed by atoms with Crippen molar-refractivity contribution in [3.8, 4) is 0 Å². The summed E-state index contributed by atoms with van der Waals surface area (Å²) in [6.45, 7) is 3.87. The van der Waals surface area contributed by atoms with Gasteiger partial charge < -0.3 is 20.1 Å². The van der Waals surface area contributed by atoms with Crippen molar-refractivity contribution in [2.45, 2.75) is 32.4 Å². The standard InChI is InChI=1S/C20H20Cl2N4O3S/c1-11-8-14-17(23-10-12-2-3-15(21)16(22)9-12)24-19(25-18(14)30-11)26-6-4-13(5-7-26)29-20(27)28/h2-3,8-9,13H,4-7,10H2,1H3,(H,27,28)(H,23,24,25). The summed E-state index contributed by atoms with van der Waals surface area (Å²) in [5, 5.41) is 14.2. The Hall–Kier alpha value is -2.29. The van der Waals surface area contributed by atoms with Crippen molar-refractivity contribution < 1.29 is 14.6 Å². The molecule has 3 heterocycles. The SMILES string of the molecule is Cc1cc2c(NCc3ccc(Cl)c(Cl)c3)nc(N3CCC(OC(=O)O)CC3)nc2s1. The molecule has 0 radical (unpaired) electrons. The molecule has 1 aliphatic heterocycles. The van der Waals surface area contributed by atoms with Crippen LogP contribution in [0.25, 0.3) is 10.2 Å². The molecule has 0 spiro atoms. The molecule has 0 unspecified atom stereocenters. The van der Waals surface area contributed by atoms with Crippen LogP contribution in [0.15, 0.2) is 24.3 Å². The van der Waals surface area contributed by atoms with E-state index in [1.807, 2.05) is 19.1 Å². The first-order chi connectivity index (χ1) is 14.4. The highest BCUT2D eigenvalue weighted by molar-refractivity contribution is 7.18. The van der Waals surface area contributed by atoms with Crippen LogP contribution in [0.3, 0.4) is 0 Å². The van der Waals surface area contributed by atoms with Gasteiger partial charge in [0.05, 0.1) is 15.4 Å². The fourth-order valence-electron chi connectivity index (χ4n) is 3.46. The Morgan fingerprint density at radius 2 is 2.03 bits per heavy atom. The van der Waals surface area contributed by atoms with Crippen molar-refractivity contribution in [2.75, 3.05) is 23.3 Å². The molecule has 30 heavy (non-hydrogen) atoms. The maximum Gasteiger partial charge on any atom is 0.506 e. The van der Waals surface area contributed by atoms with E-state index in [0.717, 1.165) is 26.5 Å². The first-order valence-corrected chi connectivity index (χ1v) is 11.1. The number of rotatable bonds is 5. The number of aromatic nitrogens is 2. The number of ether oxygens (including phenoxy) is 1. The van der Waals surface area contributed by atoms with E-state index in [9.17, 15) is 4.79 Å². The Kier molecular flexibility index (Phi) is 6.17. The highest BCUT2D eigenvalue weighted by atomic mass is 35.5. The van der Waals surface area contributed by atoms with E-state index in [1.54, 1.807) is 17.4 Å². The quantitative estimate of drug-likeness (QED) is 0.474. The van der Waals surface area contributed by atoms with E-state index < -0.39 is 6.16 Å². The Labute approximate surface area is 187 Å². The minimum atomic E-state index is -1.23. The van der Waals surface area contributed by atoms with Gasteiger partial charge in [-0.05, 0) is 30.7 Å². The number of nitrogens with one attached hydrogen (secondary N) is 1. The first kappa shape index (κ1) is 21.0. The van der Waals surface area contributed by atoms with E-state index in [0.29, 0.717) is 48.5 Å². The zero-order valence-electron chi connectivity index (χ0n) is 16.2. The predicted molar refractivity (Wildman–Crippen MR) is 120 cm³/mol. The zero-order chi connectivity index (χ0) is 21.3. The van der Waals surface area contributed by atoms with E-state index in [4.69, 9.17) is 43.0 Å². The zero-order valence-corrected chi connectivity index (χ0v) is 18.5. The van der Waals surface area contributed by atoms with Crippen LogP contribution in [0.4, 0.5) is 16.6 Å². The molecule has 1 aromatic carbocycles. The monoisotopic (exact) mass is 466 g/mol. The number of piperidine rings is 1. The summed E-state index contributed by atoms with van der Waals surface area (Å²) >= 11 is 13.8. The van der Waals surface area contributed by atoms with Gasteiger partial charge in [-0.15, -0.1) is 11.3 Å². The van der Waals surface area contributed by atoms with E-state index in [1.165, 1.54) is 0 Å². The maximum atomic E-state index is 10.8. The number of halogens is 2. The molecular formula is C20H20Cl2N4O3S. The number of carboxylic acid groups (broad SMARTS) is 1. The number of nitrogens with zero attached hydrogens (tertiary/aromatic N) is 3. The first-order valence-electron chi connectivity index (χ1n) is 9.49. The smallest absolute Gasteiger partial charge is 0.450 e.